The average Bonchev–Trinajstić information content (AvgIpc) is 3.07. The third-order valence-electron chi connectivity index (χ3n) is 4.41. The Balaban J connectivity index is 1.65. The highest BCUT2D eigenvalue weighted by Crippen LogP contribution is 2.23. The second-order valence-corrected chi connectivity index (χ2v) is 8.44. The van der Waals surface area contributed by atoms with Crippen LogP contribution in [-0.2, 0) is 30.6 Å². The Morgan fingerprint density at radius 2 is 1.76 bits per heavy atom. The summed E-state index contributed by atoms with van der Waals surface area (Å²) in [5, 5.41) is 1.11. The number of carbonyl (C=O) groups is 2. The van der Waals surface area contributed by atoms with Crippen LogP contribution in [0.5, 0.6) is 5.75 Å². The van der Waals surface area contributed by atoms with Gasteiger partial charge in [-0.15, -0.1) is 0 Å². The van der Waals surface area contributed by atoms with E-state index in [-0.39, 0.29) is 12.2 Å². The predicted molar refractivity (Wildman–Crippen MR) is 108 cm³/mol. The lowest BCUT2D eigenvalue weighted by Gasteiger charge is -2.27. The molecule has 3 rings (SSSR count). The number of benzene rings is 2. The number of carbonyl (C=O) groups excluding carboxylic acids is 2. The largest absolute Gasteiger partial charge is 0.497 e. The van der Waals surface area contributed by atoms with E-state index in [1.54, 1.807) is 61.7 Å². The molecule has 1 heterocycles. The van der Waals surface area contributed by atoms with Gasteiger partial charge in [-0.1, -0.05) is 30.3 Å². The monoisotopic (exact) mass is 415 g/mol. The molecule has 29 heavy (non-hydrogen) atoms. The molecule has 2 aromatic rings. The second-order valence-electron chi connectivity index (χ2n) is 6.51. The number of amides is 1. The van der Waals surface area contributed by atoms with Crippen LogP contribution < -0.4 is 9.64 Å². The Morgan fingerprint density at radius 1 is 1.07 bits per heavy atom. The van der Waals surface area contributed by atoms with E-state index in [1.165, 1.54) is 11.0 Å². The number of para-hydroxylation sites is 1. The summed E-state index contributed by atoms with van der Waals surface area (Å²) in [7, 11) is -1.80. The number of hydrogen-bond donors (Lipinski definition) is 0. The van der Waals surface area contributed by atoms with Gasteiger partial charge in [-0.2, -0.15) is 0 Å². The normalized spacial score (nSPS) is 16.9. The molecule has 7 nitrogen and oxygen atoms in total. The van der Waals surface area contributed by atoms with Crippen LogP contribution >= 0.6 is 0 Å². The fraction of sp³-hybridized carbons (Fsp3) is 0.238. The van der Waals surface area contributed by atoms with Gasteiger partial charge in [0.2, 0.25) is 0 Å². The van der Waals surface area contributed by atoms with E-state index in [0.29, 0.717) is 11.4 Å². The van der Waals surface area contributed by atoms with Crippen molar-refractivity contribution in [3.05, 3.63) is 71.6 Å². The number of nitrogens with zero attached hydrogens (tertiary/aromatic N) is 1. The molecule has 8 heteroatoms. The van der Waals surface area contributed by atoms with Gasteiger partial charge in [0.1, 0.15) is 5.75 Å². The molecule has 0 N–H and O–H groups in total. The zero-order valence-electron chi connectivity index (χ0n) is 15.9. The molecule has 0 saturated carbocycles. The lowest BCUT2D eigenvalue weighted by atomic mass is 10.1. The minimum Gasteiger partial charge on any atom is -0.497 e. The van der Waals surface area contributed by atoms with Gasteiger partial charge in [-0.25, -0.2) is 8.42 Å². The van der Waals surface area contributed by atoms with E-state index in [1.807, 2.05) is 0 Å². The zero-order valence-corrected chi connectivity index (χ0v) is 16.7. The van der Waals surface area contributed by atoms with Crippen molar-refractivity contribution in [3.8, 4) is 5.75 Å². The third-order valence-corrected chi connectivity index (χ3v) is 5.79. The van der Waals surface area contributed by atoms with Crippen LogP contribution in [0.15, 0.2) is 66.1 Å². The van der Waals surface area contributed by atoms with Crippen molar-refractivity contribution in [3.63, 3.8) is 0 Å². The molecule has 1 aliphatic heterocycles. The van der Waals surface area contributed by atoms with Crippen LogP contribution in [0.1, 0.15) is 5.56 Å². The molecule has 0 spiro atoms. The first kappa shape index (κ1) is 20.6. The van der Waals surface area contributed by atoms with Gasteiger partial charge in [0, 0.05) is 11.1 Å². The number of hydrogen-bond acceptors (Lipinski definition) is 6. The fourth-order valence-corrected chi connectivity index (χ4v) is 4.27. The third kappa shape index (κ3) is 5.45. The first-order valence-corrected chi connectivity index (χ1v) is 10.7. The fourth-order valence-electron chi connectivity index (χ4n) is 3.00. The number of rotatable bonds is 7. The Morgan fingerprint density at radius 3 is 2.34 bits per heavy atom. The van der Waals surface area contributed by atoms with Crippen molar-refractivity contribution in [1.82, 2.24) is 0 Å². The highest BCUT2D eigenvalue weighted by atomic mass is 32.2. The first-order valence-electron chi connectivity index (χ1n) is 8.94. The molecule has 1 aliphatic rings. The molecule has 152 valence electrons. The van der Waals surface area contributed by atoms with E-state index >= 15 is 0 Å². The van der Waals surface area contributed by atoms with Gasteiger partial charge in [-0.05, 0) is 35.9 Å². The van der Waals surface area contributed by atoms with Crippen molar-refractivity contribution in [2.45, 2.75) is 12.5 Å². The van der Waals surface area contributed by atoms with E-state index in [9.17, 15) is 18.0 Å². The van der Waals surface area contributed by atoms with Crippen molar-refractivity contribution in [1.29, 1.82) is 0 Å². The van der Waals surface area contributed by atoms with Gasteiger partial charge >= 0.3 is 5.97 Å². The van der Waals surface area contributed by atoms with Crippen LogP contribution in [0, 0.1) is 0 Å². The Hall–Kier alpha value is -3.13. The summed E-state index contributed by atoms with van der Waals surface area (Å²) in [6, 6.07) is 15.0. The molecule has 0 aromatic heterocycles. The number of methoxy groups -OCH3 is 1. The minimum atomic E-state index is -3.35. The Kier molecular flexibility index (Phi) is 6.33. The molecule has 1 amide bonds. The van der Waals surface area contributed by atoms with E-state index in [0.717, 1.165) is 11.0 Å². The summed E-state index contributed by atoms with van der Waals surface area (Å²) in [5.74, 6) is -0.569. The Labute approximate surface area is 169 Å². The highest BCUT2D eigenvalue weighted by Gasteiger charge is 2.31. The molecule has 0 radical (unpaired) electrons. The maximum absolute atomic E-state index is 12.8. The quantitative estimate of drug-likeness (QED) is 0.644. The number of ether oxygens (including phenoxy) is 2. The van der Waals surface area contributed by atoms with Crippen LogP contribution in [-0.4, -0.2) is 45.8 Å². The lowest BCUT2D eigenvalue weighted by Crippen LogP contribution is -2.43. The van der Waals surface area contributed by atoms with E-state index in [2.05, 4.69) is 0 Å². The second kappa shape index (κ2) is 8.91. The topological polar surface area (TPSA) is 90.0 Å². The molecular formula is C21H21NO6S. The van der Waals surface area contributed by atoms with Crippen LogP contribution in [0.2, 0.25) is 0 Å². The van der Waals surface area contributed by atoms with Crippen LogP contribution in [0.3, 0.4) is 0 Å². The first-order chi connectivity index (χ1) is 13.9. The lowest BCUT2D eigenvalue weighted by molar-refractivity contribution is -0.147. The summed E-state index contributed by atoms with van der Waals surface area (Å²) >= 11 is 0. The van der Waals surface area contributed by atoms with Crippen molar-refractivity contribution < 1.29 is 27.5 Å². The highest BCUT2D eigenvalue weighted by molar-refractivity contribution is 7.94. The maximum atomic E-state index is 12.8. The van der Waals surface area contributed by atoms with Crippen LogP contribution in [0.4, 0.5) is 5.69 Å². The molecule has 0 fully saturated rings. The molecule has 0 saturated heterocycles. The summed E-state index contributed by atoms with van der Waals surface area (Å²) in [6.07, 6.45) is 1.49. The van der Waals surface area contributed by atoms with Gasteiger partial charge in [0.25, 0.3) is 5.91 Å². The standard InChI is InChI=1S/C21H21NO6S/c1-27-19-9-7-16(8-10-19)13-21(24)28-14-20(23)22(17-5-3-2-4-6-17)18-11-12-29(25,26)15-18/h2-12,18H,13-15H2,1H3/t18-/m1/s1. The van der Waals surface area contributed by atoms with E-state index in [4.69, 9.17) is 9.47 Å². The predicted octanol–water partition coefficient (Wildman–Crippen LogP) is 2.12. The summed E-state index contributed by atoms with van der Waals surface area (Å²) in [5.41, 5.74) is 1.27. The zero-order chi connectivity index (χ0) is 20.9. The number of esters is 1. The van der Waals surface area contributed by atoms with Gasteiger partial charge in [0.15, 0.2) is 16.4 Å². The van der Waals surface area contributed by atoms with E-state index < -0.39 is 34.4 Å². The SMILES string of the molecule is COc1ccc(CC(=O)OCC(=O)N(c2ccccc2)[C@@H]2C=CS(=O)(=O)C2)cc1. The van der Waals surface area contributed by atoms with Crippen molar-refractivity contribution >= 4 is 27.4 Å². The van der Waals surface area contributed by atoms with Gasteiger partial charge in [-0.3, -0.25) is 9.59 Å². The summed E-state index contributed by atoms with van der Waals surface area (Å²) in [4.78, 5) is 26.3. The summed E-state index contributed by atoms with van der Waals surface area (Å²) in [6.45, 7) is -0.478. The molecule has 0 aliphatic carbocycles. The number of anilines is 1. The van der Waals surface area contributed by atoms with Crippen LogP contribution in [0.25, 0.3) is 0 Å². The van der Waals surface area contributed by atoms with Crippen molar-refractivity contribution in [2.75, 3.05) is 24.4 Å². The Bertz CT molecular complexity index is 999. The molecule has 1 atom stereocenters. The van der Waals surface area contributed by atoms with Gasteiger partial charge in [0.05, 0.1) is 25.3 Å². The molecule has 0 bridgehead atoms. The van der Waals surface area contributed by atoms with Crippen molar-refractivity contribution in [2.24, 2.45) is 0 Å². The summed E-state index contributed by atoms with van der Waals surface area (Å²) < 4.78 is 33.8. The smallest absolute Gasteiger partial charge is 0.310 e. The maximum Gasteiger partial charge on any atom is 0.310 e. The average molecular weight is 415 g/mol. The number of sulfone groups is 1. The molecular weight excluding hydrogens is 394 g/mol. The minimum absolute atomic E-state index is 0.0142. The van der Waals surface area contributed by atoms with Gasteiger partial charge < -0.3 is 14.4 Å². The molecule has 0 unspecified atom stereocenters. The molecule has 2 aromatic carbocycles.